The van der Waals surface area contributed by atoms with E-state index in [0.29, 0.717) is 0 Å². The van der Waals surface area contributed by atoms with Gasteiger partial charge in [-0.15, -0.1) is 0 Å². The van der Waals surface area contributed by atoms with Gasteiger partial charge in [-0.25, -0.2) is 9.18 Å². The lowest BCUT2D eigenvalue weighted by Crippen LogP contribution is -2.62. The van der Waals surface area contributed by atoms with Gasteiger partial charge in [0.05, 0.1) is 0 Å². The maximum atomic E-state index is 13.0. The Kier molecular flexibility index (Phi) is 4.59. The molecule has 10 heteroatoms. The van der Waals surface area contributed by atoms with Crippen LogP contribution in [0.4, 0.5) is 30.7 Å². The van der Waals surface area contributed by atoms with Crippen LogP contribution < -0.4 is 0 Å². The van der Waals surface area contributed by atoms with E-state index in [1.807, 2.05) is 0 Å². The second-order valence-corrected chi connectivity index (χ2v) is 4.39. The fraction of sp³-hybridized carbons (Fsp3) is 0.667. The van der Waals surface area contributed by atoms with Crippen molar-refractivity contribution in [1.29, 1.82) is 0 Å². The van der Waals surface area contributed by atoms with Crippen molar-refractivity contribution in [3.63, 3.8) is 0 Å². The van der Waals surface area contributed by atoms with E-state index < -0.39 is 34.6 Å². The van der Waals surface area contributed by atoms with Crippen LogP contribution in [0.15, 0.2) is 11.6 Å². The fourth-order valence-electron chi connectivity index (χ4n) is 0.792. The summed E-state index contributed by atoms with van der Waals surface area (Å²) in [6.07, 6.45) is -5.98. The molecule has 0 heterocycles. The maximum absolute atomic E-state index is 13.0. The minimum atomic E-state index is -6.29. The first kappa shape index (κ1) is 18.0. The molecule has 0 aromatic rings. The van der Waals surface area contributed by atoms with Crippen LogP contribution in [0.2, 0.25) is 0 Å². The molecule has 19 heavy (non-hydrogen) atoms. The van der Waals surface area contributed by atoms with E-state index in [1.54, 1.807) is 0 Å². The zero-order valence-electron chi connectivity index (χ0n) is 9.55. The molecule has 0 saturated carbocycles. The molecule has 0 aromatic heterocycles. The zero-order chi connectivity index (χ0) is 15.9. The number of rotatable bonds is 5. The fourth-order valence-corrected chi connectivity index (χ4v) is 0.831. The molecule has 0 fully saturated rings. The molecule has 0 atom stereocenters. The summed E-state index contributed by atoms with van der Waals surface area (Å²) >= 11 is 4.78. The summed E-state index contributed by atoms with van der Waals surface area (Å²) in [6.45, 7) is 2.53. The van der Waals surface area contributed by atoms with Crippen molar-refractivity contribution in [3.8, 4) is 0 Å². The Labute approximate surface area is 108 Å². The van der Waals surface area contributed by atoms with Gasteiger partial charge >= 0.3 is 23.9 Å². The normalized spacial score (nSPS) is 14.2. The quantitative estimate of drug-likeness (QED) is 0.437. The van der Waals surface area contributed by atoms with E-state index in [9.17, 15) is 35.5 Å². The number of carbonyl (C=O) groups excluding carboxylic acids is 1. The van der Waals surface area contributed by atoms with Gasteiger partial charge < -0.3 is 4.74 Å². The van der Waals surface area contributed by atoms with Crippen LogP contribution in [0.5, 0.6) is 0 Å². The van der Waals surface area contributed by atoms with Gasteiger partial charge in [0.15, 0.2) is 5.67 Å². The molecule has 0 bridgehead atoms. The molecule has 0 aliphatic rings. The third kappa shape index (κ3) is 3.13. The Bertz CT molecular complexity index is 387. The summed E-state index contributed by atoms with van der Waals surface area (Å²) in [7, 11) is 0. The summed E-state index contributed by atoms with van der Waals surface area (Å²) in [4.78, 5) is 10.6. The van der Waals surface area contributed by atoms with Gasteiger partial charge in [0.25, 0.3) is 0 Å². The summed E-state index contributed by atoms with van der Waals surface area (Å²) < 4.78 is 93.6. The predicted molar refractivity (Wildman–Crippen MR) is 51.1 cm³/mol. The number of esters is 1. The Balaban J connectivity index is 5.52. The molecule has 0 N–H and O–H groups in total. The highest BCUT2D eigenvalue weighted by atomic mass is 35.5. The topological polar surface area (TPSA) is 26.3 Å². The van der Waals surface area contributed by atoms with Gasteiger partial charge in [-0.05, 0) is 13.8 Å². The molecule has 0 amide bonds. The van der Waals surface area contributed by atoms with Crippen molar-refractivity contribution >= 4 is 17.6 Å². The average Bonchev–Trinajstić information content (AvgIpc) is 2.14. The lowest BCUT2D eigenvalue weighted by molar-refractivity contribution is -0.400. The van der Waals surface area contributed by atoms with Crippen molar-refractivity contribution in [3.05, 3.63) is 11.6 Å². The van der Waals surface area contributed by atoms with Crippen LogP contribution in [0, 0.1) is 0 Å². The summed E-state index contributed by atoms with van der Waals surface area (Å²) in [5, 5.41) is -1.24. The molecule has 0 saturated heterocycles. The lowest BCUT2D eigenvalue weighted by Gasteiger charge is -2.36. The maximum Gasteiger partial charge on any atom is 0.473 e. The van der Waals surface area contributed by atoms with Crippen molar-refractivity contribution in [2.24, 2.45) is 0 Å². The standard InChI is InChI=1S/C9H8ClF7O2/c1-4(10)5(18)19-9(16,17)8(14,15)7(12,13)6(2,3)11/h1H2,2-3H3. The molecule has 0 aliphatic heterocycles. The van der Waals surface area contributed by atoms with E-state index in [4.69, 9.17) is 11.6 Å². The Morgan fingerprint density at radius 1 is 1.00 bits per heavy atom. The SMILES string of the molecule is C=C(Cl)C(=O)OC(F)(F)C(F)(F)C(F)(F)C(C)(C)F. The summed E-state index contributed by atoms with van der Waals surface area (Å²) in [5.74, 6) is -14.3. The second-order valence-electron chi connectivity index (χ2n) is 3.93. The van der Waals surface area contributed by atoms with Crippen LogP contribution >= 0.6 is 11.6 Å². The van der Waals surface area contributed by atoms with Gasteiger partial charge in [0.2, 0.25) is 0 Å². The van der Waals surface area contributed by atoms with Crippen LogP contribution in [-0.2, 0) is 9.53 Å². The second kappa shape index (κ2) is 4.84. The van der Waals surface area contributed by atoms with Crippen molar-refractivity contribution in [1.82, 2.24) is 0 Å². The van der Waals surface area contributed by atoms with E-state index in [-0.39, 0.29) is 13.8 Å². The Morgan fingerprint density at radius 3 is 1.63 bits per heavy atom. The van der Waals surface area contributed by atoms with Gasteiger partial charge in [-0.2, -0.15) is 26.3 Å². The number of alkyl halides is 7. The highest BCUT2D eigenvalue weighted by Gasteiger charge is 2.79. The van der Waals surface area contributed by atoms with Crippen LogP contribution in [0.25, 0.3) is 0 Å². The third-order valence-electron chi connectivity index (χ3n) is 1.95. The largest absolute Gasteiger partial charge is 0.473 e. The summed E-state index contributed by atoms with van der Waals surface area (Å²) in [6, 6.07) is 0. The minimum Gasteiger partial charge on any atom is -0.392 e. The Morgan fingerprint density at radius 2 is 1.37 bits per heavy atom. The molecule has 0 spiro atoms. The minimum absolute atomic E-state index is 0.0285. The molecule has 0 radical (unpaired) electrons. The van der Waals surface area contributed by atoms with Crippen molar-refractivity contribution in [2.45, 2.75) is 37.5 Å². The monoisotopic (exact) mass is 316 g/mol. The van der Waals surface area contributed by atoms with E-state index in [0.717, 1.165) is 0 Å². The smallest absolute Gasteiger partial charge is 0.392 e. The van der Waals surface area contributed by atoms with Crippen LogP contribution in [0.3, 0.4) is 0 Å². The van der Waals surface area contributed by atoms with E-state index in [1.165, 1.54) is 0 Å². The first-order valence-corrected chi connectivity index (χ1v) is 4.86. The first-order chi connectivity index (χ1) is 8.08. The number of hydrogen-bond donors (Lipinski definition) is 0. The predicted octanol–water partition coefficient (Wildman–Crippen LogP) is 3.89. The van der Waals surface area contributed by atoms with Crippen LogP contribution in [-0.4, -0.2) is 29.6 Å². The molecular formula is C9H8ClF7O2. The average molecular weight is 317 g/mol. The molecule has 0 aliphatic carbocycles. The van der Waals surface area contributed by atoms with Gasteiger partial charge in [-0.3, -0.25) is 0 Å². The molecule has 0 aromatic carbocycles. The molecule has 0 rings (SSSR count). The van der Waals surface area contributed by atoms with Crippen molar-refractivity contribution < 1.29 is 40.3 Å². The number of halogens is 8. The van der Waals surface area contributed by atoms with E-state index >= 15 is 0 Å². The molecule has 112 valence electrons. The van der Waals surface area contributed by atoms with E-state index in [2.05, 4.69) is 11.3 Å². The molecule has 2 nitrogen and oxygen atoms in total. The highest BCUT2D eigenvalue weighted by molar-refractivity contribution is 6.40. The number of ether oxygens (including phenoxy) is 1. The first-order valence-electron chi connectivity index (χ1n) is 4.48. The van der Waals surface area contributed by atoms with Crippen molar-refractivity contribution in [2.75, 3.05) is 0 Å². The zero-order valence-corrected chi connectivity index (χ0v) is 10.3. The highest BCUT2D eigenvalue weighted by Crippen LogP contribution is 2.52. The molecular weight excluding hydrogens is 309 g/mol. The third-order valence-corrected chi connectivity index (χ3v) is 2.10. The lowest BCUT2D eigenvalue weighted by atomic mass is 9.95. The molecule has 0 unspecified atom stereocenters. The van der Waals surface area contributed by atoms with Crippen LogP contribution in [0.1, 0.15) is 13.8 Å². The van der Waals surface area contributed by atoms with Gasteiger partial charge in [0, 0.05) is 0 Å². The van der Waals surface area contributed by atoms with Gasteiger partial charge in [0.1, 0.15) is 5.03 Å². The number of hydrogen-bond acceptors (Lipinski definition) is 2. The van der Waals surface area contributed by atoms with Gasteiger partial charge in [-0.1, -0.05) is 18.2 Å². The number of carbonyl (C=O) groups is 1. The summed E-state index contributed by atoms with van der Waals surface area (Å²) in [5.41, 5.74) is -4.00. The Hall–Kier alpha value is -0.990.